The van der Waals surface area contributed by atoms with Gasteiger partial charge in [-0.05, 0) is 12.8 Å². The van der Waals surface area contributed by atoms with Crippen LogP contribution in [0.1, 0.15) is 25.7 Å². The monoisotopic (exact) mass is 201 g/mol. The SMILES string of the molecule is O=C1CCC(=O)N1/C=C\CCCCl. The summed E-state index contributed by atoms with van der Waals surface area (Å²) in [6, 6.07) is 0. The number of halogens is 1. The third kappa shape index (κ3) is 2.84. The highest BCUT2D eigenvalue weighted by molar-refractivity contribution is 6.17. The number of nitrogens with zero attached hydrogens (tertiary/aromatic N) is 1. The highest BCUT2D eigenvalue weighted by Gasteiger charge is 2.26. The molecule has 0 N–H and O–H groups in total. The van der Waals surface area contributed by atoms with Gasteiger partial charge in [-0.25, -0.2) is 0 Å². The number of unbranched alkanes of at least 4 members (excludes halogenated alkanes) is 1. The van der Waals surface area contributed by atoms with Crippen molar-refractivity contribution in [2.45, 2.75) is 25.7 Å². The molecule has 0 aromatic rings. The molecule has 0 atom stereocenters. The number of carbonyl (C=O) groups excluding carboxylic acids is 2. The summed E-state index contributed by atoms with van der Waals surface area (Å²) >= 11 is 5.47. The highest BCUT2D eigenvalue weighted by Crippen LogP contribution is 2.12. The number of allylic oxidation sites excluding steroid dienone is 1. The van der Waals surface area contributed by atoms with E-state index in [1.165, 1.54) is 4.90 Å². The second-order valence-electron chi connectivity index (χ2n) is 2.87. The van der Waals surface area contributed by atoms with Crippen molar-refractivity contribution in [2.75, 3.05) is 5.88 Å². The molecule has 1 heterocycles. The fourth-order valence-electron chi connectivity index (χ4n) is 1.14. The topological polar surface area (TPSA) is 37.4 Å². The molecule has 0 bridgehead atoms. The van der Waals surface area contributed by atoms with E-state index in [0.717, 1.165) is 12.8 Å². The Morgan fingerprint density at radius 2 is 1.92 bits per heavy atom. The van der Waals surface area contributed by atoms with Crippen LogP contribution >= 0.6 is 11.6 Å². The lowest BCUT2D eigenvalue weighted by atomic mass is 10.3. The van der Waals surface area contributed by atoms with Gasteiger partial charge in [0, 0.05) is 24.9 Å². The van der Waals surface area contributed by atoms with E-state index >= 15 is 0 Å². The molecule has 1 aliphatic heterocycles. The quantitative estimate of drug-likeness (QED) is 0.394. The van der Waals surface area contributed by atoms with E-state index in [1.54, 1.807) is 6.20 Å². The Balaban J connectivity index is 2.38. The van der Waals surface area contributed by atoms with Gasteiger partial charge in [0.05, 0.1) is 0 Å². The molecule has 0 aromatic heterocycles. The molecule has 0 aromatic carbocycles. The Hall–Kier alpha value is -0.830. The first-order valence-corrected chi connectivity index (χ1v) is 4.86. The summed E-state index contributed by atoms with van der Waals surface area (Å²) in [6.45, 7) is 0. The van der Waals surface area contributed by atoms with Crippen molar-refractivity contribution >= 4 is 23.4 Å². The zero-order chi connectivity index (χ0) is 9.68. The first kappa shape index (κ1) is 10.3. The van der Waals surface area contributed by atoms with Gasteiger partial charge in [-0.1, -0.05) is 6.08 Å². The van der Waals surface area contributed by atoms with Gasteiger partial charge in [-0.3, -0.25) is 14.5 Å². The summed E-state index contributed by atoms with van der Waals surface area (Å²) in [4.78, 5) is 23.3. The lowest BCUT2D eigenvalue weighted by Crippen LogP contribution is -2.22. The van der Waals surface area contributed by atoms with Crippen LogP contribution in [0.5, 0.6) is 0 Å². The maximum absolute atomic E-state index is 11.1. The number of imide groups is 1. The Bertz CT molecular complexity index is 222. The van der Waals surface area contributed by atoms with Gasteiger partial charge in [0.1, 0.15) is 0 Å². The Morgan fingerprint density at radius 1 is 1.31 bits per heavy atom. The van der Waals surface area contributed by atoms with Crippen LogP contribution in [0.25, 0.3) is 0 Å². The van der Waals surface area contributed by atoms with Gasteiger partial charge in [0.15, 0.2) is 0 Å². The molecule has 13 heavy (non-hydrogen) atoms. The molecular weight excluding hydrogens is 190 g/mol. The molecule has 0 radical (unpaired) electrons. The maximum Gasteiger partial charge on any atom is 0.233 e. The Morgan fingerprint density at radius 3 is 2.46 bits per heavy atom. The van der Waals surface area contributed by atoms with Crippen molar-refractivity contribution in [1.82, 2.24) is 4.90 Å². The summed E-state index contributed by atoms with van der Waals surface area (Å²) < 4.78 is 0. The number of hydrogen-bond donors (Lipinski definition) is 0. The largest absolute Gasteiger partial charge is 0.274 e. The maximum atomic E-state index is 11.1. The molecule has 4 heteroatoms. The number of hydrogen-bond acceptors (Lipinski definition) is 2. The third-order valence-electron chi connectivity index (χ3n) is 1.85. The first-order chi connectivity index (χ1) is 6.25. The van der Waals surface area contributed by atoms with Crippen molar-refractivity contribution in [3.05, 3.63) is 12.3 Å². The summed E-state index contributed by atoms with van der Waals surface area (Å²) in [5.41, 5.74) is 0. The number of alkyl halides is 1. The van der Waals surface area contributed by atoms with E-state index in [9.17, 15) is 9.59 Å². The highest BCUT2D eigenvalue weighted by atomic mass is 35.5. The second-order valence-corrected chi connectivity index (χ2v) is 3.25. The van der Waals surface area contributed by atoms with Gasteiger partial charge in [0.25, 0.3) is 0 Å². The summed E-state index contributed by atoms with van der Waals surface area (Å²) in [7, 11) is 0. The van der Waals surface area contributed by atoms with Crippen molar-refractivity contribution in [1.29, 1.82) is 0 Å². The molecule has 1 saturated heterocycles. The number of rotatable bonds is 4. The molecule has 0 saturated carbocycles. The van der Waals surface area contributed by atoms with Crippen LogP contribution in [-0.2, 0) is 9.59 Å². The third-order valence-corrected chi connectivity index (χ3v) is 2.12. The Kier molecular flexibility index (Phi) is 3.96. The van der Waals surface area contributed by atoms with Gasteiger partial charge in [-0.15, -0.1) is 11.6 Å². The van der Waals surface area contributed by atoms with Crippen molar-refractivity contribution in [3.63, 3.8) is 0 Å². The molecule has 2 amide bonds. The van der Waals surface area contributed by atoms with E-state index in [4.69, 9.17) is 11.6 Å². The minimum absolute atomic E-state index is 0.105. The standard InChI is InChI=1S/C9H12ClNO2/c10-6-2-1-3-7-11-8(12)4-5-9(11)13/h3,7H,1-2,4-6H2/b7-3-. The smallest absolute Gasteiger partial charge is 0.233 e. The number of likely N-dealkylation sites (tertiary alicyclic amines) is 1. The van der Waals surface area contributed by atoms with Gasteiger partial charge in [0.2, 0.25) is 11.8 Å². The van der Waals surface area contributed by atoms with E-state index in [1.807, 2.05) is 6.08 Å². The predicted molar refractivity (Wildman–Crippen MR) is 50.2 cm³/mol. The summed E-state index contributed by atoms with van der Waals surface area (Å²) in [5.74, 6) is 0.394. The lowest BCUT2D eigenvalue weighted by Gasteiger charge is -2.05. The average molecular weight is 202 g/mol. The summed E-state index contributed by atoms with van der Waals surface area (Å²) in [5, 5.41) is 0. The molecule has 0 unspecified atom stereocenters. The van der Waals surface area contributed by atoms with E-state index in [-0.39, 0.29) is 11.8 Å². The average Bonchev–Trinajstić information content (AvgIpc) is 2.42. The minimum Gasteiger partial charge on any atom is -0.274 e. The van der Waals surface area contributed by atoms with Crippen molar-refractivity contribution < 1.29 is 9.59 Å². The van der Waals surface area contributed by atoms with Crippen LogP contribution in [0.4, 0.5) is 0 Å². The second kappa shape index (κ2) is 5.02. The number of amides is 2. The summed E-state index contributed by atoms with van der Waals surface area (Å²) in [6.07, 6.45) is 5.74. The fraction of sp³-hybridized carbons (Fsp3) is 0.556. The molecule has 3 nitrogen and oxygen atoms in total. The predicted octanol–water partition coefficient (Wildman–Crippen LogP) is 1.67. The van der Waals surface area contributed by atoms with Crippen LogP contribution in [-0.4, -0.2) is 22.6 Å². The molecule has 1 aliphatic rings. The molecular formula is C9H12ClNO2. The molecule has 0 spiro atoms. The molecule has 1 fully saturated rings. The van der Waals surface area contributed by atoms with Gasteiger partial charge in [-0.2, -0.15) is 0 Å². The zero-order valence-electron chi connectivity index (χ0n) is 7.33. The normalized spacial score (nSPS) is 17.8. The van der Waals surface area contributed by atoms with Crippen LogP contribution in [0.2, 0.25) is 0 Å². The Labute approximate surface area is 82.3 Å². The zero-order valence-corrected chi connectivity index (χ0v) is 8.09. The van der Waals surface area contributed by atoms with E-state index in [0.29, 0.717) is 18.7 Å². The molecule has 0 aliphatic carbocycles. The van der Waals surface area contributed by atoms with E-state index in [2.05, 4.69) is 0 Å². The molecule has 1 rings (SSSR count). The lowest BCUT2D eigenvalue weighted by molar-refractivity contribution is -0.135. The fourth-order valence-corrected chi connectivity index (χ4v) is 1.29. The molecule has 72 valence electrons. The van der Waals surface area contributed by atoms with Crippen LogP contribution in [0.15, 0.2) is 12.3 Å². The van der Waals surface area contributed by atoms with Crippen LogP contribution < -0.4 is 0 Å². The van der Waals surface area contributed by atoms with Crippen LogP contribution in [0.3, 0.4) is 0 Å². The van der Waals surface area contributed by atoms with Crippen LogP contribution in [0, 0.1) is 0 Å². The van der Waals surface area contributed by atoms with Crippen molar-refractivity contribution in [2.24, 2.45) is 0 Å². The minimum atomic E-state index is -0.105. The number of carbonyl (C=O) groups is 2. The van der Waals surface area contributed by atoms with Gasteiger partial charge >= 0.3 is 0 Å². The van der Waals surface area contributed by atoms with Crippen molar-refractivity contribution in [3.8, 4) is 0 Å². The van der Waals surface area contributed by atoms with E-state index < -0.39 is 0 Å². The first-order valence-electron chi connectivity index (χ1n) is 4.33. The van der Waals surface area contributed by atoms with Gasteiger partial charge < -0.3 is 0 Å².